The highest BCUT2D eigenvalue weighted by atomic mass is 32.2. The maximum absolute atomic E-state index is 12.5. The van der Waals surface area contributed by atoms with Crippen LogP contribution in [0.25, 0.3) is 0 Å². The Kier molecular flexibility index (Phi) is 7.11. The lowest BCUT2D eigenvalue weighted by Gasteiger charge is -2.22. The molecule has 2 aromatic rings. The van der Waals surface area contributed by atoms with Crippen molar-refractivity contribution >= 4 is 39.1 Å². The first kappa shape index (κ1) is 20.3. The molecule has 0 unspecified atom stereocenters. The van der Waals surface area contributed by atoms with Gasteiger partial charge in [-0.3, -0.25) is 9.10 Å². The molecule has 0 fully saturated rings. The van der Waals surface area contributed by atoms with Gasteiger partial charge in [-0.25, -0.2) is 8.42 Å². The number of sulfonamides is 1. The second kappa shape index (κ2) is 9.09. The lowest BCUT2D eigenvalue weighted by Crippen LogP contribution is -2.32. The number of carbonyl (C=O) groups is 1. The van der Waals surface area contributed by atoms with Crippen LogP contribution in [0, 0.1) is 0 Å². The number of carbonyl (C=O) groups excluding carboxylic acids is 1. The summed E-state index contributed by atoms with van der Waals surface area (Å²) in [7, 11) is -3.33. The maximum atomic E-state index is 12.5. The van der Waals surface area contributed by atoms with Crippen molar-refractivity contribution in [2.24, 2.45) is 0 Å². The minimum absolute atomic E-state index is 0.0367. The molecule has 0 saturated heterocycles. The minimum atomic E-state index is -3.33. The van der Waals surface area contributed by atoms with Gasteiger partial charge in [0.2, 0.25) is 10.0 Å². The third kappa shape index (κ3) is 4.80. The Hall–Kier alpha value is -1.99. The molecule has 0 atom stereocenters. The highest BCUT2D eigenvalue weighted by Crippen LogP contribution is 2.27. The van der Waals surface area contributed by atoms with Crippen molar-refractivity contribution in [1.82, 2.24) is 0 Å². The first-order valence-corrected chi connectivity index (χ1v) is 11.2. The average molecular weight is 393 g/mol. The number of nitrogens with one attached hydrogen (secondary N) is 1. The molecule has 0 spiro atoms. The van der Waals surface area contributed by atoms with E-state index >= 15 is 0 Å². The van der Waals surface area contributed by atoms with Gasteiger partial charge in [-0.15, -0.1) is 11.8 Å². The van der Waals surface area contributed by atoms with Crippen LogP contribution in [0.4, 0.5) is 11.4 Å². The number of hydrogen-bond acceptors (Lipinski definition) is 4. The monoisotopic (exact) mass is 392 g/mol. The summed E-state index contributed by atoms with van der Waals surface area (Å²) in [5.74, 6) is 0.733. The van der Waals surface area contributed by atoms with Crippen molar-refractivity contribution in [3.8, 4) is 0 Å². The number of thioether (sulfide) groups is 1. The molecule has 0 heterocycles. The summed E-state index contributed by atoms with van der Waals surface area (Å²) in [6, 6.07) is 14.3. The van der Waals surface area contributed by atoms with Crippen LogP contribution in [0.5, 0.6) is 0 Å². The van der Waals surface area contributed by atoms with Crippen LogP contribution >= 0.6 is 11.8 Å². The Morgan fingerprint density at radius 1 is 1.04 bits per heavy atom. The van der Waals surface area contributed by atoms with Crippen LogP contribution in [-0.2, 0) is 10.0 Å². The molecule has 7 heteroatoms. The van der Waals surface area contributed by atoms with Crippen LogP contribution in [0.1, 0.15) is 31.1 Å². The number of anilines is 2. The third-order valence-corrected chi connectivity index (χ3v) is 6.67. The van der Waals surface area contributed by atoms with Crippen LogP contribution in [0.3, 0.4) is 0 Å². The van der Waals surface area contributed by atoms with Gasteiger partial charge >= 0.3 is 0 Å². The normalized spacial score (nSPS) is 11.2. The predicted octanol–water partition coefficient (Wildman–Crippen LogP) is 4.23. The number of nitrogens with zero attached hydrogens (tertiary/aromatic N) is 1. The van der Waals surface area contributed by atoms with Crippen molar-refractivity contribution < 1.29 is 13.2 Å². The number of rotatable bonds is 8. The van der Waals surface area contributed by atoms with Crippen molar-refractivity contribution in [3.63, 3.8) is 0 Å². The van der Waals surface area contributed by atoms with E-state index in [0.717, 1.165) is 16.3 Å². The number of hydrogen-bond donors (Lipinski definition) is 1. The zero-order chi connectivity index (χ0) is 19.2. The van der Waals surface area contributed by atoms with Crippen LogP contribution < -0.4 is 9.62 Å². The molecule has 0 radical (unpaired) electrons. The second-order valence-electron chi connectivity index (χ2n) is 5.50. The molecule has 0 saturated carbocycles. The first-order valence-electron chi connectivity index (χ1n) is 8.56. The van der Waals surface area contributed by atoms with Gasteiger partial charge in [0.05, 0.1) is 17.1 Å². The zero-order valence-corrected chi connectivity index (χ0v) is 16.9. The van der Waals surface area contributed by atoms with E-state index < -0.39 is 10.0 Å². The highest BCUT2D eigenvalue weighted by molar-refractivity contribution is 7.99. The van der Waals surface area contributed by atoms with Gasteiger partial charge in [-0.2, -0.15) is 0 Å². The summed E-state index contributed by atoms with van der Waals surface area (Å²) in [5.41, 5.74) is 1.82. The molecule has 1 N–H and O–H groups in total. The third-order valence-electron chi connectivity index (χ3n) is 3.84. The summed E-state index contributed by atoms with van der Waals surface area (Å²) >= 11 is 1.67. The molecule has 0 aliphatic carbocycles. The molecule has 0 aromatic heterocycles. The van der Waals surface area contributed by atoms with E-state index in [1.807, 2.05) is 24.3 Å². The van der Waals surface area contributed by atoms with Crippen molar-refractivity contribution in [2.75, 3.05) is 27.7 Å². The molecular weight excluding hydrogens is 368 g/mol. The quantitative estimate of drug-likeness (QED) is 0.683. The van der Waals surface area contributed by atoms with Gasteiger partial charge in [-0.1, -0.05) is 19.1 Å². The number of para-hydroxylation sites is 1. The van der Waals surface area contributed by atoms with Crippen molar-refractivity contribution in [2.45, 2.75) is 25.7 Å². The Morgan fingerprint density at radius 3 is 2.27 bits per heavy atom. The van der Waals surface area contributed by atoms with Crippen LogP contribution in [0.2, 0.25) is 0 Å². The molecule has 2 rings (SSSR count). The lowest BCUT2D eigenvalue weighted by molar-refractivity contribution is 0.102. The molecule has 5 nitrogen and oxygen atoms in total. The SMILES string of the molecule is CCSc1ccccc1NC(=O)c1ccc(N(CC)S(=O)(=O)CC)cc1. The Bertz CT molecular complexity index is 849. The maximum Gasteiger partial charge on any atom is 0.255 e. The van der Waals surface area contributed by atoms with Crippen LogP contribution in [-0.4, -0.2) is 32.4 Å². The molecule has 140 valence electrons. The van der Waals surface area contributed by atoms with E-state index in [0.29, 0.717) is 17.8 Å². The summed E-state index contributed by atoms with van der Waals surface area (Å²) in [6.45, 7) is 5.82. The minimum Gasteiger partial charge on any atom is -0.321 e. The number of benzene rings is 2. The van der Waals surface area contributed by atoms with E-state index in [2.05, 4.69) is 12.2 Å². The molecule has 1 amide bonds. The van der Waals surface area contributed by atoms with E-state index in [1.165, 1.54) is 4.31 Å². The van der Waals surface area contributed by atoms with E-state index in [9.17, 15) is 13.2 Å². The Labute approximate surface area is 159 Å². The molecule has 0 aliphatic heterocycles. The molecular formula is C19H24N2O3S2. The topological polar surface area (TPSA) is 66.5 Å². The fourth-order valence-electron chi connectivity index (χ4n) is 2.52. The highest BCUT2D eigenvalue weighted by Gasteiger charge is 2.19. The van der Waals surface area contributed by atoms with E-state index in [4.69, 9.17) is 0 Å². The number of amides is 1. The summed E-state index contributed by atoms with van der Waals surface area (Å²) < 4.78 is 25.6. The standard InChI is InChI=1S/C19H24N2O3S2/c1-4-21(26(23,24)6-3)16-13-11-15(12-14-16)19(22)20-17-9-7-8-10-18(17)25-5-2/h7-14H,4-6H2,1-3H3,(H,20,22). The fourth-order valence-corrected chi connectivity index (χ4v) is 4.43. The summed E-state index contributed by atoms with van der Waals surface area (Å²) in [5, 5.41) is 2.92. The smallest absolute Gasteiger partial charge is 0.255 e. The van der Waals surface area contributed by atoms with Crippen LogP contribution in [0.15, 0.2) is 53.4 Å². The first-order chi connectivity index (χ1) is 12.4. The predicted molar refractivity (Wildman–Crippen MR) is 110 cm³/mol. The fraction of sp³-hybridized carbons (Fsp3) is 0.316. The molecule has 2 aromatic carbocycles. The second-order valence-corrected chi connectivity index (χ2v) is 8.98. The van der Waals surface area contributed by atoms with Gasteiger partial charge in [0.25, 0.3) is 5.91 Å². The van der Waals surface area contributed by atoms with E-state index in [-0.39, 0.29) is 11.7 Å². The average Bonchev–Trinajstić information content (AvgIpc) is 2.64. The summed E-state index contributed by atoms with van der Waals surface area (Å²) in [6.07, 6.45) is 0. The van der Waals surface area contributed by atoms with Gasteiger partial charge in [0.1, 0.15) is 0 Å². The molecule has 0 bridgehead atoms. The van der Waals surface area contributed by atoms with Crippen molar-refractivity contribution in [3.05, 3.63) is 54.1 Å². The lowest BCUT2D eigenvalue weighted by atomic mass is 10.2. The molecule has 26 heavy (non-hydrogen) atoms. The summed E-state index contributed by atoms with van der Waals surface area (Å²) in [4.78, 5) is 13.5. The van der Waals surface area contributed by atoms with Gasteiger partial charge < -0.3 is 5.32 Å². The van der Waals surface area contributed by atoms with Gasteiger partial charge in [0, 0.05) is 17.0 Å². The largest absolute Gasteiger partial charge is 0.321 e. The zero-order valence-electron chi connectivity index (χ0n) is 15.2. The molecule has 0 aliphatic rings. The van der Waals surface area contributed by atoms with Gasteiger partial charge in [0.15, 0.2) is 0 Å². The van der Waals surface area contributed by atoms with E-state index in [1.54, 1.807) is 49.9 Å². The Balaban J connectivity index is 2.19. The van der Waals surface area contributed by atoms with Crippen molar-refractivity contribution in [1.29, 1.82) is 0 Å². The Morgan fingerprint density at radius 2 is 1.69 bits per heavy atom. The van der Waals surface area contributed by atoms with Gasteiger partial charge in [-0.05, 0) is 56.0 Å².